The van der Waals surface area contributed by atoms with E-state index < -0.39 is 0 Å². The normalized spacial score (nSPS) is 12.0. The first-order valence-corrected chi connectivity index (χ1v) is 7.20. The maximum atomic E-state index is 8.71. The Bertz CT molecular complexity index is 754. The molecule has 0 saturated carbocycles. The van der Waals surface area contributed by atoms with Crippen LogP contribution < -0.4 is 4.74 Å². The second-order valence-corrected chi connectivity index (χ2v) is 4.90. The van der Waals surface area contributed by atoms with Gasteiger partial charge in [-0.3, -0.25) is 0 Å². The Morgan fingerprint density at radius 2 is 1.45 bits per heavy atom. The van der Waals surface area contributed by atoms with Crippen molar-refractivity contribution in [2.24, 2.45) is 0 Å². The molecule has 1 aliphatic rings. The molecule has 0 amide bonds. The molecular formula is C20H16O2. The molecule has 2 heteroatoms. The van der Waals surface area contributed by atoms with Crippen LogP contribution in [0.3, 0.4) is 0 Å². The van der Waals surface area contributed by atoms with Crippen LogP contribution >= 0.6 is 0 Å². The molecule has 2 aromatic carbocycles. The molecule has 1 aliphatic carbocycles. The predicted octanol–water partition coefficient (Wildman–Crippen LogP) is 3.41. The third-order valence-electron chi connectivity index (χ3n) is 3.34. The van der Waals surface area contributed by atoms with Crippen LogP contribution in [0.1, 0.15) is 16.7 Å². The highest BCUT2D eigenvalue weighted by molar-refractivity contribution is 5.81. The zero-order valence-corrected chi connectivity index (χ0v) is 12.1. The molecule has 0 aliphatic heterocycles. The topological polar surface area (TPSA) is 29.5 Å². The van der Waals surface area contributed by atoms with E-state index in [2.05, 4.69) is 36.1 Å². The van der Waals surface area contributed by atoms with E-state index in [1.807, 2.05) is 42.5 Å². The summed E-state index contributed by atoms with van der Waals surface area (Å²) in [7, 11) is 0. The van der Waals surface area contributed by atoms with Crippen molar-refractivity contribution in [2.75, 3.05) is 13.2 Å². The standard InChI is InChI=1S/C20H16O2/c21-14-15-22-20-12-8-17(9-13-20)5-4-16-6-10-19(11-7-16)18-2-1-3-18/h1-3,6-13,21H,14-15H2. The van der Waals surface area contributed by atoms with Crippen molar-refractivity contribution < 1.29 is 9.84 Å². The highest BCUT2D eigenvalue weighted by Gasteiger charge is 2.01. The first-order valence-electron chi connectivity index (χ1n) is 7.20. The summed E-state index contributed by atoms with van der Waals surface area (Å²) in [6, 6.07) is 15.8. The van der Waals surface area contributed by atoms with Crippen LogP contribution in [0.4, 0.5) is 0 Å². The SMILES string of the molecule is OCCOc1ccc(C#Cc2ccc(C3=CC=C3)cc2)cc1. The molecule has 22 heavy (non-hydrogen) atoms. The Balaban J connectivity index is 1.66. The molecule has 0 unspecified atom stereocenters. The molecule has 0 fully saturated rings. The Labute approximate surface area is 130 Å². The number of allylic oxidation sites excluding steroid dienone is 4. The van der Waals surface area contributed by atoms with Crippen molar-refractivity contribution in [2.45, 2.75) is 0 Å². The third kappa shape index (κ3) is 3.46. The lowest BCUT2D eigenvalue weighted by molar-refractivity contribution is 0.201. The van der Waals surface area contributed by atoms with Gasteiger partial charge in [-0.1, -0.05) is 42.2 Å². The van der Waals surface area contributed by atoms with Gasteiger partial charge in [-0.25, -0.2) is 0 Å². The van der Waals surface area contributed by atoms with Crippen LogP contribution in [0.15, 0.2) is 66.8 Å². The van der Waals surface area contributed by atoms with Gasteiger partial charge in [0.25, 0.3) is 0 Å². The third-order valence-corrected chi connectivity index (χ3v) is 3.34. The van der Waals surface area contributed by atoms with Crippen LogP contribution in [0.2, 0.25) is 0 Å². The maximum Gasteiger partial charge on any atom is 0.119 e. The zero-order chi connectivity index (χ0) is 15.2. The van der Waals surface area contributed by atoms with E-state index in [0.717, 1.165) is 16.9 Å². The molecule has 2 aromatic rings. The van der Waals surface area contributed by atoms with Crippen LogP contribution in [0, 0.1) is 11.8 Å². The Kier molecular flexibility index (Phi) is 4.38. The lowest BCUT2D eigenvalue weighted by Gasteiger charge is -2.06. The van der Waals surface area contributed by atoms with Crippen molar-refractivity contribution >= 4 is 5.57 Å². The van der Waals surface area contributed by atoms with Crippen LogP contribution in [-0.2, 0) is 0 Å². The van der Waals surface area contributed by atoms with Gasteiger partial charge in [-0.15, -0.1) is 0 Å². The first kappa shape index (κ1) is 14.2. The van der Waals surface area contributed by atoms with E-state index in [4.69, 9.17) is 9.84 Å². The van der Waals surface area contributed by atoms with Crippen LogP contribution in [-0.4, -0.2) is 18.3 Å². The summed E-state index contributed by atoms with van der Waals surface area (Å²) in [5, 5.41) is 8.71. The lowest BCUT2D eigenvalue weighted by Crippen LogP contribution is -2.01. The minimum Gasteiger partial charge on any atom is -0.491 e. The van der Waals surface area contributed by atoms with Crippen molar-refractivity contribution in [3.05, 3.63) is 83.4 Å². The average Bonchev–Trinajstić information content (AvgIpc) is 2.52. The number of rotatable bonds is 4. The molecule has 0 radical (unpaired) electrons. The summed E-state index contributed by atoms with van der Waals surface area (Å²) in [5.41, 5.74) is 4.41. The van der Waals surface area contributed by atoms with Crippen molar-refractivity contribution in [1.29, 1.82) is 0 Å². The van der Waals surface area contributed by atoms with E-state index in [9.17, 15) is 0 Å². The second-order valence-electron chi connectivity index (χ2n) is 4.90. The highest BCUT2D eigenvalue weighted by Crippen LogP contribution is 2.21. The van der Waals surface area contributed by atoms with Gasteiger partial charge >= 0.3 is 0 Å². The number of aliphatic hydroxyl groups excluding tert-OH is 1. The van der Waals surface area contributed by atoms with E-state index in [1.54, 1.807) is 0 Å². The summed E-state index contributed by atoms with van der Waals surface area (Å²) in [4.78, 5) is 0. The fourth-order valence-electron chi connectivity index (χ4n) is 2.07. The monoisotopic (exact) mass is 288 g/mol. The van der Waals surface area contributed by atoms with Gasteiger partial charge in [0.1, 0.15) is 12.4 Å². The Morgan fingerprint density at radius 1 is 0.864 bits per heavy atom. The van der Waals surface area contributed by atoms with E-state index in [0.29, 0.717) is 6.61 Å². The van der Waals surface area contributed by atoms with Crippen LogP contribution in [0.25, 0.3) is 5.57 Å². The summed E-state index contributed by atoms with van der Waals surface area (Å²) in [5.74, 6) is 7.04. The van der Waals surface area contributed by atoms with Gasteiger partial charge in [-0.05, 0) is 47.5 Å². The number of hydrogen-bond donors (Lipinski definition) is 1. The Morgan fingerprint density at radius 3 is 1.95 bits per heavy atom. The van der Waals surface area contributed by atoms with Crippen molar-refractivity contribution in [3.63, 3.8) is 0 Å². The molecule has 108 valence electrons. The number of aliphatic hydroxyl groups is 1. The minimum atomic E-state index is 0.0181. The van der Waals surface area contributed by atoms with Gasteiger partial charge in [0, 0.05) is 11.1 Å². The summed E-state index contributed by atoms with van der Waals surface area (Å²) in [6.45, 7) is 0.327. The predicted molar refractivity (Wildman–Crippen MR) is 88.6 cm³/mol. The molecule has 3 rings (SSSR count). The molecule has 0 saturated heterocycles. The van der Waals surface area contributed by atoms with Crippen molar-refractivity contribution in [3.8, 4) is 17.6 Å². The fourth-order valence-corrected chi connectivity index (χ4v) is 2.07. The fraction of sp³-hybridized carbons (Fsp3) is 0.100. The highest BCUT2D eigenvalue weighted by atomic mass is 16.5. The lowest BCUT2D eigenvalue weighted by atomic mass is 9.98. The Hall–Kier alpha value is -2.76. The van der Waals surface area contributed by atoms with Gasteiger partial charge < -0.3 is 9.84 Å². The maximum absolute atomic E-state index is 8.71. The average molecular weight is 288 g/mol. The quantitative estimate of drug-likeness (QED) is 0.874. The smallest absolute Gasteiger partial charge is 0.119 e. The van der Waals surface area contributed by atoms with Gasteiger partial charge in [0.2, 0.25) is 0 Å². The van der Waals surface area contributed by atoms with E-state index in [1.165, 1.54) is 11.1 Å². The van der Waals surface area contributed by atoms with Crippen LogP contribution in [0.5, 0.6) is 5.75 Å². The van der Waals surface area contributed by atoms with Gasteiger partial charge in [-0.2, -0.15) is 0 Å². The number of ether oxygens (including phenoxy) is 1. The van der Waals surface area contributed by atoms with E-state index in [-0.39, 0.29) is 6.61 Å². The molecule has 0 atom stereocenters. The van der Waals surface area contributed by atoms with Gasteiger partial charge in [0.05, 0.1) is 6.61 Å². The largest absolute Gasteiger partial charge is 0.491 e. The number of hydrogen-bond acceptors (Lipinski definition) is 2. The molecule has 1 N–H and O–H groups in total. The molecule has 0 heterocycles. The minimum absolute atomic E-state index is 0.0181. The first-order chi connectivity index (χ1) is 10.8. The number of benzene rings is 2. The molecule has 0 aromatic heterocycles. The molecule has 0 bridgehead atoms. The second kappa shape index (κ2) is 6.80. The molecule has 0 spiro atoms. The van der Waals surface area contributed by atoms with E-state index >= 15 is 0 Å². The molecular weight excluding hydrogens is 272 g/mol. The summed E-state index contributed by atoms with van der Waals surface area (Å²) in [6.07, 6.45) is 6.24. The van der Waals surface area contributed by atoms with Gasteiger partial charge in [0.15, 0.2) is 0 Å². The summed E-state index contributed by atoms with van der Waals surface area (Å²) >= 11 is 0. The molecule has 2 nitrogen and oxygen atoms in total. The summed E-state index contributed by atoms with van der Waals surface area (Å²) < 4.78 is 5.32. The zero-order valence-electron chi connectivity index (χ0n) is 12.1. The van der Waals surface area contributed by atoms with Crippen molar-refractivity contribution in [1.82, 2.24) is 0 Å².